The van der Waals surface area contributed by atoms with Gasteiger partial charge in [0.15, 0.2) is 0 Å². The van der Waals surface area contributed by atoms with E-state index in [1.807, 2.05) is 17.9 Å². The fraction of sp³-hybridized carbons (Fsp3) is 0.700. The van der Waals surface area contributed by atoms with Crippen molar-refractivity contribution in [2.45, 2.75) is 37.0 Å². The summed E-state index contributed by atoms with van der Waals surface area (Å²) in [5, 5.41) is 4.56. The third-order valence-corrected chi connectivity index (χ3v) is 3.46. The zero-order valence-corrected chi connectivity index (χ0v) is 8.88. The smallest absolute Gasteiger partial charge is 0.0527 e. The molecule has 1 fully saturated rings. The number of nitrogens with zero attached hydrogens (tertiary/aromatic N) is 2. The Morgan fingerprint density at radius 3 is 2.92 bits per heavy atom. The zero-order valence-electron chi connectivity index (χ0n) is 8.13. The van der Waals surface area contributed by atoms with Gasteiger partial charge in [0.2, 0.25) is 0 Å². The molecule has 72 valence electrons. The van der Waals surface area contributed by atoms with Gasteiger partial charge in [-0.1, -0.05) is 6.92 Å². The van der Waals surface area contributed by atoms with Crippen LogP contribution >= 0.6 is 11.6 Å². The van der Waals surface area contributed by atoms with Crippen LogP contribution in [0.5, 0.6) is 0 Å². The molecule has 13 heavy (non-hydrogen) atoms. The van der Waals surface area contributed by atoms with Crippen molar-refractivity contribution in [1.29, 1.82) is 0 Å². The summed E-state index contributed by atoms with van der Waals surface area (Å²) in [6, 6.07) is 0. The Balaban J connectivity index is 2.25. The van der Waals surface area contributed by atoms with Crippen LogP contribution in [0.4, 0.5) is 0 Å². The van der Waals surface area contributed by atoms with Crippen molar-refractivity contribution in [3.05, 3.63) is 18.0 Å². The van der Waals surface area contributed by atoms with Gasteiger partial charge in [0.05, 0.1) is 6.20 Å². The molecule has 0 radical (unpaired) electrons. The molecule has 0 spiro atoms. The Morgan fingerprint density at radius 1 is 1.69 bits per heavy atom. The van der Waals surface area contributed by atoms with Crippen molar-refractivity contribution in [1.82, 2.24) is 9.78 Å². The van der Waals surface area contributed by atoms with Crippen LogP contribution in [0.1, 0.15) is 31.7 Å². The summed E-state index contributed by atoms with van der Waals surface area (Å²) in [5.41, 5.74) is 1.60. The lowest BCUT2D eigenvalue weighted by Gasteiger charge is -2.21. The SMILES string of the molecule is Cn1cc(C2(C)CCC(Cl)C2)cn1. The lowest BCUT2D eigenvalue weighted by molar-refractivity contribution is 0.491. The van der Waals surface area contributed by atoms with Crippen LogP contribution in [0.2, 0.25) is 0 Å². The Bertz CT molecular complexity index is 308. The molecule has 1 aromatic rings. The molecule has 0 aromatic carbocycles. The van der Waals surface area contributed by atoms with Crippen LogP contribution in [0, 0.1) is 0 Å². The van der Waals surface area contributed by atoms with Crippen LogP contribution in [-0.2, 0) is 12.5 Å². The molecule has 1 aliphatic carbocycles. The summed E-state index contributed by atoms with van der Waals surface area (Å²) in [7, 11) is 1.96. The van der Waals surface area contributed by atoms with E-state index in [0.717, 1.165) is 12.8 Å². The Morgan fingerprint density at radius 2 is 2.46 bits per heavy atom. The number of aryl methyl sites for hydroxylation is 1. The molecular weight excluding hydrogens is 184 g/mol. The quantitative estimate of drug-likeness (QED) is 0.634. The minimum atomic E-state index is 0.265. The molecule has 2 rings (SSSR count). The lowest BCUT2D eigenvalue weighted by atomic mass is 9.83. The number of hydrogen-bond donors (Lipinski definition) is 0. The average molecular weight is 199 g/mol. The highest BCUT2D eigenvalue weighted by atomic mass is 35.5. The zero-order chi connectivity index (χ0) is 9.47. The first-order valence-corrected chi connectivity index (χ1v) is 5.17. The summed E-state index contributed by atoms with van der Waals surface area (Å²) >= 11 is 6.13. The van der Waals surface area contributed by atoms with E-state index in [-0.39, 0.29) is 5.41 Å². The van der Waals surface area contributed by atoms with Crippen LogP contribution < -0.4 is 0 Å². The minimum absolute atomic E-state index is 0.265. The van der Waals surface area contributed by atoms with E-state index in [1.165, 1.54) is 12.0 Å². The molecule has 1 saturated carbocycles. The highest BCUT2D eigenvalue weighted by Crippen LogP contribution is 2.42. The molecule has 1 heterocycles. The van der Waals surface area contributed by atoms with E-state index in [4.69, 9.17) is 11.6 Å². The third-order valence-electron chi connectivity index (χ3n) is 3.08. The second kappa shape index (κ2) is 3.02. The monoisotopic (exact) mass is 198 g/mol. The van der Waals surface area contributed by atoms with Crippen molar-refractivity contribution < 1.29 is 0 Å². The molecule has 2 atom stereocenters. The van der Waals surface area contributed by atoms with E-state index < -0.39 is 0 Å². The molecule has 3 heteroatoms. The molecule has 1 aromatic heterocycles. The van der Waals surface area contributed by atoms with Gasteiger partial charge < -0.3 is 0 Å². The van der Waals surface area contributed by atoms with Gasteiger partial charge in [0, 0.05) is 18.6 Å². The normalized spacial score (nSPS) is 33.9. The molecule has 0 bridgehead atoms. The largest absolute Gasteiger partial charge is 0.276 e. The van der Waals surface area contributed by atoms with Crippen molar-refractivity contribution >= 4 is 11.6 Å². The molecule has 2 unspecified atom stereocenters. The first-order valence-electron chi connectivity index (χ1n) is 4.73. The van der Waals surface area contributed by atoms with Crippen molar-refractivity contribution in [2.75, 3.05) is 0 Å². The summed E-state index contributed by atoms with van der Waals surface area (Å²) in [6.07, 6.45) is 7.48. The first kappa shape index (κ1) is 9.07. The Labute approximate surface area is 83.9 Å². The lowest BCUT2D eigenvalue weighted by Crippen LogP contribution is -2.16. The number of alkyl halides is 1. The van der Waals surface area contributed by atoms with E-state index in [9.17, 15) is 0 Å². The van der Waals surface area contributed by atoms with E-state index in [2.05, 4.69) is 18.2 Å². The van der Waals surface area contributed by atoms with Gasteiger partial charge in [0.25, 0.3) is 0 Å². The number of aromatic nitrogens is 2. The van der Waals surface area contributed by atoms with Gasteiger partial charge in [-0.15, -0.1) is 11.6 Å². The van der Waals surface area contributed by atoms with Gasteiger partial charge in [0.1, 0.15) is 0 Å². The van der Waals surface area contributed by atoms with Crippen LogP contribution in [0.3, 0.4) is 0 Å². The Hall–Kier alpha value is -0.500. The molecule has 0 N–H and O–H groups in total. The summed E-state index contributed by atoms with van der Waals surface area (Å²) < 4.78 is 1.86. The molecular formula is C10H15ClN2. The van der Waals surface area contributed by atoms with Crippen LogP contribution in [0.25, 0.3) is 0 Å². The predicted octanol–water partition coefficient (Wildman–Crippen LogP) is 2.47. The number of rotatable bonds is 1. The standard InChI is InChI=1S/C10H15ClN2/c1-10(4-3-9(11)5-10)8-6-12-13(2)7-8/h6-7,9H,3-5H2,1-2H3. The van der Waals surface area contributed by atoms with Gasteiger partial charge >= 0.3 is 0 Å². The number of hydrogen-bond acceptors (Lipinski definition) is 1. The van der Waals surface area contributed by atoms with E-state index >= 15 is 0 Å². The van der Waals surface area contributed by atoms with Crippen molar-refractivity contribution in [2.24, 2.45) is 7.05 Å². The van der Waals surface area contributed by atoms with E-state index in [0.29, 0.717) is 5.38 Å². The molecule has 1 aliphatic rings. The van der Waals surface area contributed by atoms with Gasteiger partial charge in [-0.2, -0.15) is 5.10 Å². The molecule has 0 aliphatic heterocycles. The maximum atomic E-state index is 6.13. The second-order valence-corrected chi connectivity index (χ2v) is 4.92. The van der Waals surface area contributed by atoms with Crippen molar-refractivity contribution in [3.8, 4) is 0 Å². The molecule has 0 saturated heterocycles. The number of halogens is 1. The summed E-state index contributed by atoms with van der Waals surface area (Å²) in [6.45, 7) is 2.28. The van der Waals surface area contributed by atoms with Gasteiger partial charge in [-0.3, -0.25) is 4.68 Å². The summed E-state index contributed by atoms with van der Waals surface area (Å²) in [4.78, 5) is 0. The predicted molar refractivity (Wildman–Crippen MR) is 54.1 cm³/mol. The molecule has 0 amide bonds. The maximum Gasteiger partial charge on any atom is 0.0527 e. The van der Waals surface area contributed by atoms with Crippen molar-refractivity contribution in [3.63, 3.8) is 0 Å². The minimum Gasteiger partial charge on any atom is -0.276 e. The van der Waals surface area contributed by atoms with Gasteiger partial charge in [-0.05, 0) is 30.2 Å². The van der Waals surface area contributed by atoms with Crippen LogP contribution in [0.15, 0.2) is 12.4 Å². The molecule has 2 nitrogen and oxygen atoms in total. The van der Waals surface area contributed by atoms with Gasteiger partial charge in [-0.25, -0.2) is 0 Å². The fourth-order valence-electron chi connectivity index (χ4n) is 2.16. The highest BCUT2D eigenvalue weighted by Gasteiger charge is 2.36. The Kier molecular flexibility index (Phi) is 2.11. The third kappa shape index (κ3) is 1.60. The average Bonchev–Trinajstić information content (AvgIpc) is 2.60. The van der Waals surface area contributed by atoms with E-state index in [1.54, 1.807) is 0 Å². The first-order chi connectivity index (χ1) is 6.10. The fourth-order valence-corrected chi connectivity index (χ4v) is 2.61. The van der Waals surface area contributed by atoms with Crippen LogP contribution in [-0.4, -0.2) is 15.2 Å². The summed E-state index contributed by atoms with van der Waals surface area (Å²) in [5.74, 6) is 0. The topological polar surface area (TPSA) is 17.8 Å². The second-order valence-electron chi connectivity index (χ2n) is 4.30. The maximum absolute atomic E-state index is 6.13. The highest BCUT2D eigenvalue weighted by molar-refractivity contribution is 6.20.